The predicted octanol–water partition coefficient (Wildman–Crippen LogP) is 5.18. The maximum Gasteiger partial charge on any atom is 0.302 e. The van der Waals surface area contributed by atoms with Crippen LogP contribution in [-0.4, -0.2) is 28.0 Å². The summed E-state index contributed by atoms with van der Waals surface area (Å²) in [7, 11) is 0. The van der Waals surface area contributed by atoms with Crippen molar-refractivity contribution in [2.45, 2.75) is 63.3 Å². The summed E-state index contributed by atoms with van der Waals surface area (Å²) in [6.45, 7) is 2.17. The SMILES string of the molecule is CC1C=Cc2nc(NC3=NC4(CCC(c5ccccc5)C4)C4C(=O)CCCC4=N3)oc2C1. The lowest BCUT2D eigenvalue weighted by Crippen LogP contribution is -2.49. The molecule has 1 aliphatic heterocycles. The van der Waals surface area contributed by atoms with Gasteiger partial charge in [-0.15, -0.1) is 0 Å². The number of aromatic nitrogens is 1. The molecule has 4 aliphatic rings. The summed E-state index contributed by atoms with van der Waals surface area (Å²) in [4.78, 5) is 27.6. The van der Waals surface area contributed by atoms with Gasteiger partial charge in [0.15, 0.2) is 0 Å². The van der Waals surface area contributed by atoms with Crippen LogP contribution in [0, 0.1) is 11.8 Å². The van der Waals surface area contributed by atoms with Gasteiger partial charge >= 0.3 is 6.01 Å². The minimum Gasteiger partial charge on any atom is -0.428 e. The van der Waals surface area contributed by atoms with Crippen molar-refractivity contribution in [1.29, 1.82) is 0 Å². The molecule has 6 heteroatoms. The van der Waals surface area contributed by atoms with Gasteiger partial charge in [-0.1, -0.05) is 43.3 Å². The number of allylic oxidation sites excluding steroid dienone is 1. The summed E-state index contributed by atoms with van der Waals surface area (Å²) in [5, 5.41) is 3.25. The molecule has 0 saturated heterocycles. The molecule has 164 valence electrons. The average Bonchev–Trinajstić information content (AvgIpc) is 3.38. The van der Waals surface area contributed by atoms with Crippen LogP contribution >= 0.6 is 0 Å². The normalized spacial score (nSPS) is 31.2. The smallest absolute Gasteiger partial charge is 0.302 e. The number of rotatable bonds is 2. The van der Waals surface area contributed by atoms with Crippen LogP contribution in [0.1, 0.15) is 68.4 Å². The van der Waals surface area contributed by atoms with Crippen molar-refractivity contribution < 1.29 is 9.21 Å². The molecule has 2 heterocycles. The van der Waals surface area contributed by atoms with Crippen molar-refractivity contribution in [2.24, 2.45) is 21.8 Å². The number of carbonyl (C=O) groups is 1. The van der Waals surface area contributed by atoms with Crippen LogP contribution < -0.4 is 5.32 Å². The van der Waals surface area contributed by atoms with Crippen molar-refractivity contribution in [3.8, 4) is 0 Å². The number of guanidine groups is 1. The van der Waals surface area contributed by atoms with E-state index >= 15 is 0 Å². The zero-order valence-electron chi connectivity index (χ0n) is 18.4. The predicted molar refractivity (Wildman–Crippen MR) is 125 cm³/mol. The number of oxazole rings is 1. The summed E-state index contributed by atoms with van der Waals surface area (Å²) < 4.78 is 5.99. The van der Waals surface area contributed by atoms with E-state index in [1.54, 1.807) is 0 Å². The zero-order chi connectivity index (χ0) is 21.7. The molecule has 2 saturated carbocycles. The van der Waals surface area contributed by atoms with E-state index in [2.05, 4.69) is 53.6 Å². The Morgan fingerprint density at radius 1 is 1.19 bits per heavy atom. The number of anilines is 1. The molecular weight excluding hydrogens is 400 g/mol. The number of aliphatic imine (C=N–C) groups is 2. The van der Waals surface area contributed by atoms with Crippen molar-refractivity contribution >= 4 is 29.5 Å². The van der Waals surface area contributed by atoms with Crippen molar-refractivity contribution in [3.05, 3.63) is 53.4 Å². The van der Waals surface area contributed by atoms with Gasteiger partial charge in [0.1, 0.15) is 17.2 Å². The van der Waals surface area contributed by atoms with Gasteiger partial charge in [0, 0.05) is 18.6 Å². The molecule has 1 aromatic heterocycles. The number of benzene rings is 1. The molecule has 1 spiro atoms. The van der Waals surface area contributed by atoms with Gasteiger partial charge in [-0.25, -0.2) is 9.98 Å². The maximum atomic E-state index is 13.1. The second kappa shape index (κ2) is 7.54. The first kappa shape index (κ1) is 19.6. The molecule has 1 aromatic carbocycles. The first-order chi connectivity index (χ1) is 15.6. The fourth-order valence-electron chi connectivity index (χ4n) is 5.97. The molecule has 0 radical (unpaired) electrons. The minimum absolute atomic E-state index is 0.183. The summed E-state index contributed by atoms with van der Waals surface area (Å²) >= 11 is 0. The van der Waals surface area contributed by atoms with Crippen LogP contribution in [0.15, 0.2) is 50.8 Å². The molecule has 0 bridgehead atoms. The third-order valence-corrected chi connectivity index (χ3v) is 7.46. The standard InChI is InChI=1S/C26H28N4O2/c1-16-10-11-19-22(14-16)32-25(28-19)29-24-27-20-8-5-9-21(31)23(20)26(30-24)13-12-18(15-26)17-6-3-2-4-7-17/h2-4,6-7,10-11,16,18,23H,5,8-9,12-15H2,1H3,(H,28,29,30). The largest absolute Gasteiger partial charge is 0.428 e. The highest BCUT2D eigenvalue weighted by Gasteiger charge is 2.53. The van der Waals surface area contributed by atoms with Gasteiger partial charge < -0.3 is 4.42 Å². The second-order valence-corrected chi connectivity index (χ2v) is 9.74. The van der Waals surface area contributed by atoms with E-state index in [-0.39, 0.29) is 5.92 Å². The van der Waals surface area contributed by atoms with Crippen LogP contribution in [0.3, 0.4) is 0 Å². The number of carbonyl (C=O) groups excluding carboxylic acids is 1. The van der Waals surface area contributed by atoms with Crippen molar-refractivity contribution in [2.75, 3.05) is 5.32 Å². The lowest BCUT2D eigenvalue weighted by molar-refractivity contribution is -0.123. The Hall–Kier alpha value is -3.02. The van der Waals surface area contributed by atoms with Gasteiger partial charge in [-0.05, 0) is 55.6 Å². The van der Waals surface area contributed by atoms with E-state index in [0.717, 1.165) is 55.7 Å². The van der Waals surface area contributed by atoms with E-state index in [9.17, 15) is 4.79 Å². The fourth-order valence-corrected chi connectivity index (χ4v) is 5.97. The minimum atomic E-state index is -0.419. The Labute approximate surface area is 187 Å². The van der Waals surface area contributed by atoms with Crippen molar-refractivity contribution in [3.63, 3.8) is 0 Å². The number of nitrogens with one attached hydrogen (secondary N) is 1. The number of hydrogen-bond donors (Lipinski definition) is 1. The van der Waals surface area contributed by atoms with Gasteiger partial charge in [0.25, 0.3) is 0 Å². The van der Waals surface area contributed by atoms with Crippen molar-refractivity contribution in [1.82, 2.24) is 4.98 Å². The fraction of sp³-hybridized carbons (Fsp3) is 0.462. The van der Waals surface area contributed by atoms with Gasteiger partial charge in [0.2, 0.25) is 5.96 Å². The first-order valence-corrected chi connectivity index (χ1v) is 11.8. The summed E-state index contributed by atoms with van der Waals surface area (Å²) in [6.07, 6.45) is 10.2. The molecule has 32 heavy (non-hydrogen) atoms. The molecular formula is C26H28N4O2. The zero-order valence-corrected chi connectivity index (χ0v) is 18.4. The quantitative estimate of drug-likeness (QED) is 0.715. The molecule has 6 rings (SSSR count). The molecule has 4 unspecified atom stereocenters. The molecule has 2 fully saturated rings. The number of ketones is 1. The summed E-state index contributed by atoms with van der Waals surface area (Å²) in [5.41, 5.74) is 2.78. The van der Waals surface area contributed by atoms with Crippen LogP contribution in [0.2, 0.25) is 0 Å². The molecule has 4 atom stereocenters. The lowest BCUT2D eigenvalue weighted by Gasteiger charge is -2.39. The van der Waals surface area contributed by atoms with Gasteiger partial charge in [-0.3, -0.25) is 10.1 Å². The maximum absolute atomic E-state index is 13.1. The highest BCUT2D eigenvalue weighted by atomic mass is 16.4. The third kappa shape index (κ3) is 3.33. The molecule has 3 aliphatic carbocycles. The molecule has 0 amide bonds. The van der Waals surface area contributed by atoms with E-state index in [1.807, 2.05) is 6.08 Å². The Morgan fingerprint density at radius 3 is 2.94 bits per heavy atom. The molecule has 6 nitrogen and oxygen atoms in total. The highest BCUT2D eigenvalue weighted by Crippen LogP contribution is 2.50. The van der Waals surface area contributed by atoms with E-state index < -0.39 is 5.54 Å². The van der Waals surface area contributed by atoms with E-state index in [4.69, 9.17) is 14.4 Å². The van der Waals surface area contributed by atoms with Gasteiger partial charge in [-0.2, -0.15) is 4.98 Å². The Kier molecular flexibility index (Phi) is 4.63. The van der Waals surface area contributed by atoms with E-state index in [0.29, 0.717) is 36.0 Å². The summed E-state index contributed by atoms with van der Waals surface area (Å²) in [5.74, 6) is 2.42. The lowest BCUT2D eigenvalue weighted by atomic mass is 9.70. The van der Waals surface area contributed by atoms with Gasteiger partial charge in [0.05, 0.1) is 11.5 Å². The number of hydrogen-bond acceptors (Lipinski definition) is 6. The average molecular weight is 429 g/mol. The van der Waals surface area contributed by atoms with Crippen LogP contribution in [-0.2, 0) is 11.2 Å². The highest BCUT2D eigenvalue weighted by molar-refractivity contribution is 6.15. The molecule has 2 aromatic rings. The first-order valence-electron chi connectivity index (χ1n) is 11.8. The Balaban J connectivity index is 1.33. The Morgan fingerprint density at radius 2 is 2.06 bits per heavy atom. The summed E-state index contributed by atoms with van der Waals surface area (Å²) in [6, 6.07) is 11.1. The Bertz CT molecular complexity index is 1150. The van der Waals surface area contributed by atoms with E-state index in [1.165, 1.54) is 5.56 Å². The topological polar surface area (TPSA) is 79.9 Å². The third-order valence-electron chi connectivity index (χ3n) is 7.46. The number of Topliss-reactive ketones (excluding diaryl/α,β-unsaturated/α-hetero) is 1. The van der Waals surface area contributed by atoms with Crippen LogP contribution in [0.4, 0.5) is 6.01 Å². The number of fused-ring (bicyclic) bond motifs is 3. The van der Waals surface area contributed by atoms with Crippen LogP contribution in [0.5, 0.6) is 0 Å². The number of nitrogens with zero attached hydrogens (tertiary/aromatic N) is 3. The molecule has 1 N–H and O–H groups in total. The van der Waals surface area contributed by atoms with Crippen LogP contribution in [0.25, 0.3) is 6.08 Å². The second-order valence-electron chi connectivity index (χ2n) is 9.74. The monoisotopic (exact) mass is 428 g/mol.